The summed E-state index contributed by atoms with van der Waals surface area (Å²) in [6.45, 7) is 4.99. The van der Waals surface area contributed by atoms with E-state index in [1.807, 2.05) is 10.9 Å². The fourth-order valence-corrected chi connectivity index (χ4v) is 2.17. The number of benzene rings is 1. The quantitative estimate of drug-likeness (QED) is 0.756. The Balaban J connectivity index is 2.29. The largest absolute Gasteiger partial charge is 0.266 e. The molecule has 0 bridgehead atoms. The van der Waals surface area contributed by atoms with E-state index in [0.29, 0.717) is 5.02 Å². The van der Waals surface area contributed by atoms with E-state index in [2.05, 4.69) is 59.7 Å². The van der Waals surface area contributed by atoms with E-state index in [4.69, 9.17) is 11.6 Å². The molecule has 0 atom stereocenters. The van der Waals surface area contributed by atoms with Crippen LogP contribution in [0.25, 0.3) is 0 Å². The molecule has 0 N–H and O–H groups in total. The Hall–Kier alpha value is -0.550. The van der Waals surface area contributed by atoms with Crippen molar-refractivity contribution in [2.24, 2.45) is 0 Å². The van der Waals surface area contributed by atoms with E-state index >= 15 is 0 Å². The van der Waals surface area contributed by atoms with Crippen LogP contribution in [0.5, 0.6) is 0 Å². The fraction of sp³-hybridized carbons (Fsp3) is 0.250. The zero-order chi connectivity index (χ0) is 11.7. The van der Waals surface area contributed by atoms with Crippen LogP contribution in [0.3, 0.4) is 0 Å². The maximum Gasteiger partial charge on any atom is 0.141 e. The molecule has 16 heavy (non-hydrogen) atoms. The second kappa shape index (κ2) is 4.75. The smallest absolute Gasteiger partial charge is 0.141 e. The minimum absolute atomic E-state index is 0.714. The summed E-state index contributed by atoms with van der Waals surface area (Å²) in [5, 5.41) is 5.06. The van der Waals surface area contributed by atoms with E-state index in [0.717, 1.165) is 10.2 Å². The van der Waals surface area contributed by atoms with Gasteiger partial charge in [-0.15, -0.1) is 0 Å². The predicted molar refractivity (Wildman–Crippen MR) is 75.0 cm³/mol. The van der Waals surface area contributed by atoms with Crippen molar-refractivity contribution < 1.29 is 0 Å². The van der Waals surface area contributed by atoms with Gasteiger partial charge in [-0.3, -0.25) is 4.68 Å². The van der Waals surface area contributed by atoms with Gasteiger partial charge in [0.05, 0.1) is 11.6 Å². The van der Waals surface area contributed by atoms with E-state index < -0.39 is 0 Å². The lowest BCUT2D eigenvalue weighted by atomic mass is 10.1. The first-order valence-electron chi connectivity index (χ1n) is 5.01. The van der Waals surface area contributed by atoms with Gasteiger partial charge in [-0.2, -0.15) is 5.10 Å². The van der Waals surface area contributed by atoms with Crippen LogP contribution in [0.2, 0.25) is 5.02 Å². The van der Waals surface area contributed by atoms with Gasteiger partial charge in [-0.1, -0.05) is 35.4 Å². The SMILES string of the molecule is Cc1ccc(C)c(Cn2cc(Cl)c(I)n2)c1. The summed E-state index contributed by atoms with van der Waals surface area (Å²) in [4.78, 5) is 0. The number of halogens is 2. The molecule has 84 valence electrons. The first kappa shape index (κ1) is 11.9. The van der Waals surface area contributed by atoms with Gasteiger partial charge in [-0.05, 0) is 47.6 Å². The van der Waals surface area contributed by atoms with Crippen molar-refractivity contribution in [3.8, 4) is 0 Å². The molecule has 0 fully saturated rings. The Kier molecular flexibility index (Phi) is 3.54. The highest BCUT2D eigenvalue weighted by Gasteiger charge is 2.05. The van der Waals surface area contributed by atoms with Gasteiger partial charge in [0.2, 0.25) is 0 Å². The van der Waals surface area contributed by atoms with E-state index in [1.165, 1.54) is 16.7 Å². The molecule has 0 unspecified atom stereocenters. The molecule has 1 heterocycles. The number of aryl methyl sites for hydroxylation is 2. The van der Waals surface area contributed by atoms with E-state index in [1.54, 1.807) is 0 Å². The molecule has 1 aromatic heterocycles. The first-order valence-corrected chi connectivity index (χ1v) is 6.46. The highest BCUT2D eigenvalue weighted by atomic mass is 127. The zero-order valence-corrected chi connectivity index (χ0v) is 12.1. The molecule has 0 amide bonds. The number of aromatic nitrogens is 2. The van der Waals surface area contributed by atoms with Crippen LogP contribution in [-0.4, -0.2) is 9.78 Å². The van der Waals surface area contributed by atoms with Gasteiger partial charge in [0, 0.05) is 6.20 Å². The van der Waals surface area contributed by atoms with Crippen LogP contribution in [0.1, 0.15) is 16.7 Å². The molecule has 0 spiro atoms. The first-order chi connectivity index (χ1) is 7.56. The van der Waals surface area contributed by atoms with Gasteiger partial charge in [0.25, 0.3) is 0 Å². The van der Waals surface area contributed by atoms with E-state index in [-0.39, 0.29) is 0 Å². The molecule has 0 saturated carbocycles. The molecule has 2 rings (SSSR count). The molecule has 0 aliphatic heterocycles. The molecule has 0 aliphatic carbocycles. The molecule has 1 aromatic carbocycles. The monoisotopic (exact) mass is 346 g/mol. The van der Waals surface area contributed by atoms with Gasteiger partial charge in [0.15, 0.2) is 0 Å². The van der Waals surface area contributed by atoms with Crippen LogP contribution in [0.4, 0.5) is 0 Å². The standard InChI is InChI=1S/C12H12ClIN2/c1-8-3-4-9(2)10(5-8)6-16-7-11(13)12(14)15-16/h3-5,7H,6H2,1-2H3. The lowest BCUT2D eigenvalue weighted by molar-refractivity contribution is 0.678. The summed E-state index contributed by atoms with van der Waals surface area (Å²) in [6.07, 6.45) is 1.87. The highest BCUT2D eigenvalue weighted by Crippen LogP contribution is 2.18. The Morgan fingerprint density at radius 1 is 1.38 bits per heavy atom. The van der Waals surface area contributed by atoms with Gasteiger partial charge in [-0.25, -0.2) is 0 Å². The van der Waals surface area contributed by atoms with Crippen LogP contribution >= 0.6 is 34.2 Å². The lowest BCUT2D eigenvalue weighted by Gasteiger charge is -2.07. The van der Waals surface area contributed by atoms with Gasteiger partial charge < -0.3 is 0 Å². The second-order valence-corrected chi connectivity index (χ2v) is 5.32. The fourth-order valence-electron chi connectivity index (χ4n) is 1.60. The summed E-state index contributed by atoms with van der Waals surface area (Å²) in [7, 11) is 0. The Bertz CT molecular complexity index is 500. The summed E-state index contributed by atoms with van der Waals surface area (Å²) < 4.78 is 2.73. The maximum absolute atomic E-state index is 5.98. The second-order valence-electron chi connectivity index (χ2n) is 3.90. The van der Waals surface area contributed by atoms with Crippen LogP contribution in [0, 0.1) is 17.5 Å². The third kappa shape index (κ3) is 2.58. The molecule has 0 saturated heterocycles. The van der Waals surface area contributed by atoms with Gasteiger partial charge >= 0.3 is 0 Å². The number of rotatable bonds is 2. The lowest BCUT2D eigenvalue weighted by Crippen LogP contribution is -2.02. The number of nitrogens with zero attached hydrogens (tertiary/aromatic N) is 2. The normalized spacial score (nSPS) is 10.8. The Morgan fingerprint density at radius 2 is 2.12 bits per heavy atom. The summed E-state index contributed by atoms with van der Waals surface area (Å²) >= 11 is 8.12. The van der Waals surface area contributed by atoms with E-state index in [9.17, 15) is 0 Å². The predicted octanol–water partition coefficient (Wildman–Crippen LogP) is 3.81. The average Bonchev–Trinajstić information content (AvgIpc) is 2.52. The molecular formula is C12H12ClIN2. The molecule has 4 heteroatoms. The Morgan fingerprint density at radius 3 is 2.75 bits per heavy atom. The van der Waals surface area contributed by atoms with Crippen molar-refractivity contribution >= 4 is 34.2 Å². The summed E-state index contributed by atoms with van der Waals surface area (Å²) in [6, 6.07) is 6.46. The van der Waals surface area contributed by atoms with Crippen LogP contribution in [0.15, 0.2) is 24.4 Å². The van der Waals surface area contributed by atoms with Crippen LogP contribution in [-0.2, 0) is 6.54 Å². The highest BCUT2D eigenvalue weighted by molar-refractivity contribution is 14.1. The molecule has 0 radical (unpaired) electrons. The van der Waals surface area contributed by atoms with Crippen molar-refractivity contribution in [2.75, 3.05) is 0 Å². The molecule has 2 nitrogen and oxygen atoms in total. The minimum atomic E-state index is 0.714. The van der Waals surface area contributed by atoms with Crippen molar-refractivity contribution in [1.82, 2.24) is 9.78 Å². The summed E-state index contributed by atoms with van der Waals surface area (Å²) in [5.74, 6) is 0. The Labute approximate surface area is 114 Å². The zero-order valence-electron chi connectivity index (χ0n) is 9.17. The molecular weight excluding hydrogens is 335 g/mol. The average molecular weight is 347 g/mol. The third-order valence-electron chi connectivity index (χ3n) is 2.51. The third-order valence-corrected chi connectivity index (χ3v) is 3.90. The minimum Gasteiger partial charge on any atom is -0.266 e. The van der Waals surface area contributed by atoms with Crippen LogP contribution < -0.4 is 0 Å². The molecule has 2 aromatic rings. The topological polar surface area (TPSA) is 17.8 Å². The van der Waals surface area contributed by atoms with Crippen molar-refractivity contribution in [3.05, 3.63) is 49.8 Å². The van der Waals surface area contributed by atoms with Crippen molar-refractivity contribution in [2.45, 2.75) is 20.4 Å². The van der Waals surface area contributed by atoms with Crippen molar-refractivity contribution in [3.63, 3.8) is 0 Å². The number of hydrogen-bond acceptors (Lipinski definition) is 1. The molecule has 0 aliphatic rings. The summed E-state index contributed by atoms with van der Waals surface area (Å²) in [5.41, 5.74) is 3.84. The van der Waals surface area contributed by atoms with Crippen molar-refractivity contribution in [1.29, 1.82) is 0 Å². The number of hydrogen-bond donors (Lipinski definition) is 0. The maximum atomic E-state index is 5.98. The van der Waals surface area contributed by atoms with Gasteiger partial charge in [0.1, 0.15) is 3.70 Å².